The molecular formula is C13H14NO3Ru+. The van der Waals surface area contributed by atoms with Crippen molar-refractivity contribution in [1.82, 2.24) is 5.32 Å². The van der Waals surface area contributed by atoms with Gasteiger partial charge in [0.15, 0.2) is 0 Å². The van der Waals surface area contributed by atoms with E-state index in [1.54, 1.807) is 24.3 Å². The van der Waals surface area contributed by atoms with Gasteiger partial charge in [0, 0.05) is 0 Å². The quantitative estimate of drug-likeness (QED) is 0.594. The van der Waals surface area contributed by atoms with E-state index in [9.17, 15) is 9.90 Å². The molecule has 0 unspecified atom stereocenters. The van der Waals surface area contributed by atoms with Gasteiger partial charge in [-0.2, -0.15) is 0 Å². The van der Waals surface area contributed by atoms with Crippen LogP contribution >= 0.6 is 0 Å². The second kappa shape index (κ2) is 9.43. The first-order chi connectivity index (χ1) is 8.20. The molecule has 0 spiro atoms. The number of carboxylic acid groups (broad SMARTS) is 1. The van der Waals surface area contributed by atoms with Crippen molar-refractivity contribution in [2.75, 3.05) is 6.54 Å². The predicted octanol–water partition coefficient (Wildman–Crippen LogP) is 0.858. The van der Waals surface area contributed by atoms with Gasteiger partial charge in [-0.25, -0.2) is 0 Å². The van der Waals surface area contributed by atoms with Crippen molar-refractivity contribution in [2.24, 2.45) is 0 Å². The molecule has 2 rings (SSSR count). The summed E-state index contributed by atoms with van der Waals surface area (Å²) < 4.78 is 0. The summed E-state index contributed by atoms with van der Waals surface area (Å²) in [6.07, 6.45) is 16.2. The molecule has 96 valence electrons. The molecule has 2 N–H and O–H groups in total. The van der Waals surface area contributed by atoms with E-state index in [4.69, 9.17) is 5.11 Å². The summed E-state index contributed by atoms with van der Waals surface area (Å²) in [5, 5.41) is 21.5. The van der Waals surface area contributed by atoms with Crippen molar-refractivity contribution < 1.29 is 34.5 Å². The van der Waals surface area contributed by atoms with Gasteiger partial charge in [0.25, 0.3) is 0 Å². The van der Waals surface area contributed by atoms with Crippen molar-refractivity contribution in [2.45, 2.75) is 6.42 Å². The van der Waals surface area contributed by atoms with Crippen molar-refractivity contribution in [3.05, 3.63) is 60.1 Å². The molecule has 0 amide bonds. The molecule has 0 aromatic heterocycles. The summed E-state index contributed by atoms with van der Waals surface area (Å²) >= 11 is 0. The van der Waals surface area contributed by atoms with E-state index in [-0.39, 0.29) is 31.9 Å². The molecule has 0 heterocycles. The molecule has 0 aliphatic heterocycles. The van der Waals surface area contributed by atoms with Gasteiger partial charge in [-0.1, -0.05) is 48.6 Å². The van der Waals surface area contributed by atoms with Crippen molar-refractivity contribution in [3.63, 3.8) is 0 Å². The number of hydrogen-bond acceptors (Lipinski definition) is 3. The Morgan fingerprint density at radius 2 is 1.78 bits per heavy atom. The van der Waals surface area contributed by atoms with Crippen molar-refractivity contribution in [3.8, 4) is 0 Å². The monoisotopic (exact) mass is 334 g/mol. The summed E-state index contributed by atoms with van der Waals surface area (Å²) in [6, 6.07) is 0. The van der Waals surface area contributed by atoms with Gasteiger partial charge in [-0.3, -0.25) is 4.79 Å². The fourth-order valence-electron chi connectivity index (χ4n) is 1.18. The third-order valence-corrected chi connectivity index (χ3v) is 1.98. The Balaban J connectivity index is 0.000000405. The topological polar surface area (TPSA) is 72.4 Å². The van der Waals surface area contributed by atoms with E-state index in [2.05, 4.69) is 29.6 Å². The molecule has 18 heavy (non-hydrogen) atoms. The SMILES string of the molecule is C1=CCC=C1.O=C(O)CNC([O-])=C1C=CC=C1.[Ru+2]. The number of hydrogen-bond donors (Lipinski definition) is 2. The minimum Gasteiger partial charge on any atom is -0.860 e. The zero-order chi connectivity index (χ0) is 12.5. The van der Waals surface area contributed by atoms with Crippen LogP contribution in [0.15, 0.2) is 60.1 Å². The molecule has 5 heteroatoms. The predicted molar refractivity (Wildman–Crippen MR) is 63.8 cm³/mol. The van der Waals surface area contributed by atoms with Gasteiger partial charge in [0.05, 0.1) is 0 Å². The Labute approximate surface area is 119 Å². The molecule has 2 aliphatic carbocycles. The molecule has 0 atom stereocenters. The van der Waals surface area contributed by atoms with Crippen LogP contribution in [-0.2, 0) is 24.3 Å². The second-order valence-electron chi connectivity index (χ2n) is 3.34. The van der Waals surface area contributed by atoms with Crippen LogP contribution in [0, 0.1) is 0 Å². The largest absolute Gasteiger partial charge is 2.00 e. The molecule has 2 aliphatic rings. The van der Waals surface area contributed by atoms with Crippen LogP contribution in [0.5, 0.6) is 0 Å². The van der Waals surface area contributed by atoms with Gasteiger partial charge in [-0.15, -0.1) is 0 Å². The number of allylic oxidation sites excluding steroid dienone is 9. The standard InChI is InChI=1S/C8H9NO3.C5H6.Ru/c10-7(11)5-9-8(12)6-3-1-2-4-6;1-2-4-5-3-1;/h1-4,9,12H,5H2,(H,10,11);1-4H,5H2;/q;;+2/p-1. The molecule has 0 aromatic carbocycles. The number of carbonyl (C=O) groups is 1. The maximum atomic E-state index is 11.0. The first kappa shape index (κ1) is 16.4. The molecule has 0 fully saturated rings. The molecule has 0 bridgehead atoms. The van der Waals surface area contributed by atoms with Crippen LogP contribution in [0.3, 0.4) is 0 Å². The van der Waals surface area contributed by atoms with Crippen LogP contribution in [0.2, 0.25) is 0 Å². The van der Waals surface area contributed by atoms with E-state index in [1.165, 1.54) is 0 Å². The van der Waals surface area contributed by atoms with E-state index in [0.717, 1.165) is 6.42 Å². The number of aliphatic carboxylic acids is 1. The van der Waals surface area contributed by atoms with Crippen LogP contribution < -0.4 is 10.4 Å². The average molecular weight is 333 g/mol. The maximum absolute atomic E-state index is 11.0. The van der Waals surface area contributed by atoms with E-state index < -0.39 is 5.97 Å². The number of carboxylic acids is 1. The Hall–Kier alpha value is -1.61. The van der Waals surface area contributed by atoms with E-state index in [0.29, 0.717) is 5.57 Å². The molecule has 0 saturated heterocycles. The normalized spacial score (nSPS) is 13.9. The minimum absolute atomic E-state index is 0. The smallest absolute Gasteiger partial charge is 0.860 e. The third-order valence-electron chi connectivity index (χ3n) is 1.98. The van der Waals surface area contributed by atoms with E-state index >= 15 is 0 Å². The third kappa shape index (κ3) is 6.86. The average Bonchev–Trinajstić information content (AvgIpc) is 2.99. The van der Waals surface area contributed by atoms with Crippen molar-refractivity contribution >= 4 is 5.97 Å². The van der Waals surface area contributed by atoms with Gasteiger partial charge < -0.3 is 15.5 Å². The summed E-state index contributed by atoms with van der Waals surface area (Å²) in [7, 11) is 0. The fraction of sp³-hybridized carbons (Fsp3) is 0.154. The van der Waals surface area contributed by atoms with E-state index in [1.807, 2.05) is 0 Å². The van der Waals surface area contributed by atoms with Crippen LogP contribution in [0.1, 0.15) is 6.42 Å². The molecule has 0 saturated carbocycles. The Kier molecular flexibility index (Phi) is 8.58. The first-order valence-electron chi connectivity index (χ1n) is 5.23. The minimum atomic E-state index is -1.05. The number of rotatable bonds is 3. The fourth-order valence-corrected chi connectivity index (χ4v) is 1.18. The van der Waals surface area contributed by atoms with Gasteiger partial charge in [-0.05, 0) is 17.9 Å². The molecular weight excluding hydrogens is 319 g/mol. The van der Waals surface area contributed by atoms with Gasteiger partial charge in [0.2, 0.25) is 0 Å². The maximum Gasteiger partial charge on any atom is 2.00 e. The summed E-state index contributed by atoms with van der Waals surface area (Å²) in [5.74, 6) is -1.41. The Bertz CT molecular complexity index is 396. The second-order valence-corrected chi connectivity index (χ2v) is 3.34. The number of nitrogens with one attached hydrogen (secondary N) is 1. The first-order valence-corrected chi connectivity index (χ1v) is 5.23. The zero-order valence-electron chi connectivity index (χ0n) is 9.65. The van der Waals surface area contributed by atoms with Gasteiger partial charge >= 0.3 is 25.4 Å². The molecule has 4 nitrogen and oxygen atoms in total. The van der Waals surface area contributed by atoms with Crippen LogP contribution in [0.25, 0.3) is 0 Å². The zero-order valence-corrected chi connectivity index (χ0v) is 11.4. The Morgan fingerprint density at radius 1 is 1.22 bits per heavy atom. The molecule has 0 radical (unpaired) electrons. The summed E-state index contributed by atoms with van der Waals surface area (Å²) in [5.41, 5.74) is 0.483. The van der Waals surface area contributed by atoms with Gasteiger partial charge in [0.1, 0.15) is 6.54 Å². The van der Waals surface area contributed by atoms with Crippen LogP contribution in [0.4, 0.5) is 0 Å². The summed E-state index contributed by atoms with van der Waals surface area (Å²) in [6.45, 7) is -0.343. The Morgan fingerprint density at radius 3 is 2.17 bits per heavy atom. The van der Waals surface area contributed by atoms with Crippen molar-refractivity contribution in [1.29, 1.82) is 0 Å². The summed E-state index contributed by atoms with van der Waals surface area (Å²) in [4.78, 5) is 10.1. The van der Waals surface area contributed by atoms with Crippen LogP contribution in [-0.4, -0.2) is 17.6 Å². The molecule has 0 aromatic rings.